The van der Waals surface area contributed by atoms with Crippen LogP contribution >= 0.6 is 0 Å². The first kappa shape index (κ1) is 13.9. The summed E-state index contributed by atoms with van der Waals surface area (Å²) in [7, 11) is 0. The van der Waals surface area contributed by atoms with Gasteiger partial charge in [0.25, 0.3) is 0 Å². The van der Waals surface area contributed by atoms with Crippen LogP contribution < -0.4 is 5.32 Å². The lowest BCUT2D eigenvalue weighted by atomic mass is 9.83. The molecule has 2 unspecified atom stereocenters. The zero-order valence-corrected chi connectivity index (χ0v) is 10.2. The van der Waals surface area contributed by atoms with Gasteiger partial charge in [0, 0.05) is 6.04 Å². The summed E-state index contributed by atoms with van der Waals surface area (Å²) in [6.45, 7) is 1.51. The summed E-state index contributed by atoms with van der Waals surface area (Å²) >= 11 is 0. The average Bonchev–Trinajstić information content (AvgIpc) is 2.36. The van der Waals surface area contributed by atoms with Gasteiger partial charge in [0.05, 0.1) is 25.4 Å². The smallest absolute Gasteiger partial charge is 0.0883 e. The molecule has 0 aromatic carbocycles. The predicted molar refractivity (Wildman–Crippen MR) is 63.2 cm³/mol. The molecule has 96 valence electrons. The third-order valence-electron chi connectivity index (χ3n) is 3.78. The third-order valence-corrected chi connectivity index (χ3v) is 3.78. The van der Waals surface area contributed by atoms with Crippen LogP contribution in [0.15, 0.2) is 0 Å². The van der Waals surface area contributed by atoms with E-state index in [1.54, 1.807) is 0 Å². The van der Waals surface area contributed by atoms with Crippen LogP contribution in [0.4, 0.5) is 0 Å². The van der Waals surface area contributed by atoms with Gasteiger partial charge in [-0.1, -0.05) is 26.2 Å². The highest BCUT2D eigenvalue weighted by atomic mass is 16.3. The Bertz CT molecular complexity index is 186. The Hall–Kier alpha value is -0.160. The quantitative estimate of drug-likeness (QED) is 0.529. The first-order valence-corrected chi connectivity index (χ1v) is 6.30. The molecule has 16 heavy (non-hydrogen) atoms. The molecule has 0 heterocycles. The van der Waals surface area contributed by atoms with Crippen molar-refractivity contribution < 1.29 is 15.3 Å². The number of rotatable bonds is 6. The van der Waals surface area contributed by atoms with E-state index in [4.69, 9.17) is 0 Å². The van der Waals surface area contributed by atoms with E-state index in [1.165, 1.54) is 19.3 Å². The van der Waals surface area contributed by atoms with Gasteiger partial charge >= 0.3 is 0 Å². The second-order valence-corrected chi connectivity index (χ2v) is 5.04. The Morgan fingerprint density at radius 2 is 1.75 bits per heavy atom. The first-order chi connectivity index (χ1) is 7.69. The van der Waals surface area contributed by atoms with Gasteiger partial charge in [-0.2, -0.15) is 0 Å². The van der Waals surface area contributed by atoms with Crippen LogP contribution in [0, 0.1) is 5.92 Å². The van der Waals surface area contributed by atoms with E-state index < -0.39 is 5.54 Å². The van der Waals surface area contributed by atoms with Crippen LogP contribution in [0.2, 0.25) is 0 Å². The van der Waals surface area contributed by atoms with Crippen molar-refractivity contribution in [3.8, 4) is 0 Å². The fourth-order valence-corrected chi connectivity index (χ4v) is 2.51. The molecule has 0 aromatic rings. The summed E-state index contributed by atoms with van der Waals surface area (Å²) in [5.74, 6) is 0.736. The molecule has 1 fully saturated rings. The zero-order valence-electron chi connectivity index (χ0n) is 10.2. The Morgan fingerprint density at radius 1 is 1.12 bits per heavy atom. The summed E-state index contributed by atoms with van der Waals surface area (Å²) in [5, 5.41) is 31.0. The number of nitrogens with one attached hydrogen (secondary N) is 1. The van der Waals surface area contributed by atoms with Crippen molar-refractivity contribution in [2.45, 2.75) is 50.6 Å². The largest absolute Gasteiger partial charge is 0.394 e. The lowest BCUT2D eigenvalue weighted by Gasteiger charge is -2.37. The number of aliphatic hydroxyl groups excluding tert-OH is 3. The van der Waals surface area contributed by atoms with Gasteiger partial charge in [-0.25, -0.2) is 0 Å². The summed E-state index contributed by atoms with van der Waals surface area (Å²) in [6, 6.07) is 0.310. The fraction of sp³-hybridized carbons (Fsp3) is 1.00. The summed E-state index contributed by atoms with van der Waals surface area (Å²) in [5.41, 5.74) is -0.916. The van der Waals surface area contributed by atoms with Gasteiger partial charge < -0.3 is 20.6 Å². The van der Waals surface area contributed by atoms with Gasteiger partial charge in [-0.3, -0.25) is 0 Å². The van der Waals surface area contributed by atoms with Crippen LogP contribution in [0.1, 0.15) is 39.0 Å². The Morgan fingerprint density at radius 3 is 2.25 bits per heavy atom. The highest BCUT2D eigenvalue weighted by Crippen LogP contribution is 2.27. The third kappa shape index (κ3) is 3.42. The van der Waals surface area contributed by atoms with Gasteiger partial charge in [0.1, 0.15) is 0 Å². The minimum atomic E-state index is -0.916. The molecule has 0 amide bonds. The second-order valence-electron chi connectivity index (χ2n) is 5.04. The molecule has 1 aliphatic rings. The molecule has 1 saturated carbocycles. The normalized spacial score (nSPS) is 27.0. The maximum Gasteiger partial charge on any atom is 0.0883 e. The molecule has 2 atom stereocenters. The zero-order chi connectivity index (χ0) is 12.0. The first-order valence-electron chi connectivity index (χ1n) is 6.30. The molecule has 4 nitrogen and oxygen atoms in total. The Kier molecular flexibility index (Phi) is 5.69. The topological polar surface area (TPSA) is 72.7 Å². The standard InChI is InChI=1S/C12H25NO3/c1-2-10-4-3-5-11(6-10)13-12(7-14,8-15)9-16/h10-11,13-16H,2-9H2,1H3. The molecule has 4 heteroatoms. The molecule has 0 radical (unpaired) electrons. The van der Waals surface area contributed by atoms with E-state index in [9.17, 15) is 15.3 Å². The van der Waals surface area contributed by atoms with Crippen molar-refractivity contribution in [2.75, 3.05) is 19.8 Å². The van der Waals surface area contributed by atoms with E-state index in [1.807, 2.05) is 0 Å². The highest BCUT2D eigenvalue weighted by Gasteiger charge is 2.32. The minimum absolute atomic E-state index is 0.229. The fourth-order valence-electron chi connectivity index (χ4n) is 2.51. The maximum absolute atomic E-state index is 9.25. The molecule has 4 N–H and O–H groups in total. The maximum atomic E-state index is 9.25. The Balaban J connectivity index is 2.50. The average molecular weight is 231 g/mol. The van der Waals surface area contributed by atoms with Crippen molar-refractivity contribution >= 4 is 0 Å². The van der Waals surface area contributed by atoms with Crippen molar-refractivity contribution in [3.05, 3.63) is 0 Å². The molecule has 0 aliphatic heterocycles. The number of hydrogen-bond acceptors (Lipinski definition) is 4. The molecular weight excluding hydrogens is 206 g/mol. The van der Waals surface area contributed by atoms with E-state index in [0.29, 0.717) is 6.04 Å². The van der Waals surface area contributed by atoms with Crippen LogP contribution in [0.25, 0.3) is 0 Å². The minimum Gasteiger partial charge on any atom is -0.394 e. The number of hydrogen-bond donors (Lipinski definition) is 4. The molecule has 0 bridgehead atoms. The number of aliphatic hydroxyl groups is 3. The molecule has 0 spiro atoms. The van der Waals surface area contributed by atoms with Crippen LogP contribution in [-0.2, 0) is 0 Å². The van der Waals surface area contributed by atoms with Crippen LogP contribution in [0.3, 0.4) is 0 Å². The highest BCUT2D eigenvalue weighted by molar-refractivity contribution is 4.91. The molecule has 1 aliphatic carbocycles. The van der Waals surface area contributed by atoms with Gasteiger partial charge in [0.2, 0.25) is 0 Å². The predicted octanol–water partition coefficient (Wildman–Crippen LogP) is 0.260. The molecule has 0 aromatic heterocycles. The van der Waals surface area contributed by atoms with Crippen molar-refractivity contribution in [1.29, 1.82) is 0 Å². The lowest BCUT2D eigenvalue weighted by Crippen LogP contribution is -2.59. The molecule has 1 rings (SSSR count). The monoisotopic (exact) mass is 231 g/mol. The SMILES string of the molecule is CCC1CCCC(NC(CO)(CO)CO)C1. The van der Waals surface area contributed by atoms with E-state index in [0.717, 1.165) is 18.8 Å². The van der Waals surface area contributed by atoms with Crippen molar-refractivity contribution in [1.82, 2.24) is 5.32 Å². The van der Waals surface area contributed by atoms with E-state index >= 15 is 0 Å². The summed E-state index contributed by atoms with van der Waals surface area (Å²) < 4.78 is 0. The molecular formula is C12H25NO3. The van der Waals surface area contributed by atoms with Gasteiger partial charge in [-0.15, -0.1) is 0 Å². The van der Waals surface area contributed by atoms with Gasteiger partial charge in [0.15, 0.2) is 0 Å². The summed E-state index contributed by atoms with van der Waals surface area (Å²) in [4.78, 5) is 0. The van der Waals surface area contributed by atoms with Crippen molar-refractivity contribution in [2.24, 2.45) is 5.92 Å². The van der Waals surface area contributed by atoms with Crippen molar-refractivity contribution in [3.63, 3.8) is 0 Å². The van der Waals surface area contributed by atoms with Gasteiger partial charge in [-0.05, 0) is 18.8 Å². The lowest BCUT2D eigenvalue weighted by molar-refractivity contribution is 0.0278. The van der Waals surface area contributed by atoms with E-state index in [2.05, 4.69) is 12.2 Å². The Labute approximate surface area is 97.7 Å². The summed E-state index contributed by atoms with van der Waals surface area (Å²) in [6.07, 6.45) is 5.80. The van der Waals surface area contributed by atoms with E-state index in [-0.39, 0.29) is 19.8 Å². The molecule has 0 saturated heterocycles. The van der Waals surface area contributed by atoms with Crippen LogP contribution in [-0.4, -0.2) is 46.7 Å². The second kappa shape index (κ2) is 6.55. The van der Waals surface area contributed by atoms with Crippen LogP contribution in [0.5, 0.6) is 0 Å².